The number of carbonyl (C=O) groups is 1. The third-order valence-electron chi connectivity index (χ3n) is 4.13. The minimum Gasteiger partial charge on any atom is -0.483 e. The van der Waals surface area contributed by atoms with Crippen LogP contribution in [0.4, 0.5) is 0 Å². The number of rotatable bonds is 6. The fourth-order valence-corrected chi connectivity index (χ4v) is 2.78. The SMILES string of the molecule is O=C(NC[C@H]1COCCO1)c1cc(COc2cccc3cccnc23)on1. The number of hydrogen-bond donors (Lipinski definition) is 1. The highest BCUT2D eigenvalue weighted by Gasteiger charge is 2.18. The van der Waals surface area contributed by atoms with E-state index in [9.17, 15) is 4.79 Å². The molecule has 4 rings (SSSR count). The quantitative estimate of drug-likeness (QED) is 0.709. The predicted octanol–water partition coefficient (Wildman–Crippen LogP) is 1.95. The number of amides is 1. The van der Waals surface area contributed by atoms with E-state index in [0.717, 1.165) is 10.9 Å². The zero-order chi connectivity index (χ0) is 18.5. The molecule has 0 saturated carbocycles. The van der Waals surface area contributed by atoms with Gasteiger partial charge < -0.3 is 24.1 Å². The summed E-state index contributed by atoms with van der Waals surface area (Å²) in [6.07, 6.45) is 1.57. The summed E-state index contributed by atoms with van der Waals surface area (Å²) < 4.78 is 21.8. The van der Waals surface area contributed by atoms with Gasteiger partial charge in [0.15, 0.2) is 11.5 Å². The third kappa shape index (κ3) is 4.24. The summed E-state index contributed by atoms with van der Waals surface area (Å²) in [5, 5.41) is 7.55. The average Bonchev–Trinajstić information content (AvgIpc) is 3.20. The van der Waals surface area contributed by atoms with E-state index in [1.807, 2.05) is 30.3 Å². The standard InChI is InChI=1S/C19H19N3O5/c23-19(21-10-15-11-24-7-8-25-15)16-9-14(27-22-16)12-26-17-5-1-3-13-4-2-6-20-18(13)17/h1-6,9,15H,7-8,10-12H2,(H,21,23)/t15-/m0/s1. The van der Waals surface area contributed by atoms with Crippen molar-refractivity contribution in [3.8, 4) is 5.75 Å². The van der Waals surface area contributed by atoms with Crippen LogP contribution >= 0.6 is 0 Å². The molecule has 1 fully saturated rings. The van der Waals surface area contributed by atoms with E-state index < -0.39 is 0 Å². The molecule has 1 aromatic carbocycles. The van der Waals surface area contributed by atoms with Crippen LogP contribution in [0, 0.1) is 0 Å². The summed E-state index contributed by atoms with van der Waals surface area (Å²) >= 11 is 0. The first kappa shape index (κ1) is 17.4. The zero-order valence-electron chi connectivity index (χ0n) is 14.6. The Morgan fingerprint density at radius 2 is 2.19 bits per heavy atom. The number of para-hydroxylation sites is 1. The number of aromatic nitrogens is 2. The summed E-state index contributed by atoms with van der Waals surface area (Å²) in [6.45, 7) is 2.10. The van der Waals surface area contributed by atoms with Crippen molar-refractivity contribution in [3.63, 3.8) is 0 Å². The van der Waals surface area contributed by atoms with Crippen LogP contribution in [0.3, 0.4) is 0 Å². The van der Waals surface area contributed by atoms with E-state index in [4.69, 9.17) is 18.7 Å². The number of benzene rings is 1. The normalized spacial score (nSPS) is 17.0. The van der Waals surface area contributed by atoms with Gasteiger partial charge in [-0.1, -0.05) is 23.4 Å². The summed E-state index contributed by atoms with van der Waals surface area (Å²) in [5.74, 6) is 0.765. The van der Waals surface area contributed by atoms with E-state index in [-0.39, 0.29) is 24.3 Å². The van der Waals surface area contributed by atoms with Crippen molar-refractivity contribution in [1.29, 1.82) is 0 Å². The molecule has 27 heavy (non-hydrogen) atoms. The molecule has 1 N–H and O–H groups in total. The highest BCUT2D eigenvalue weighted by atomic mass is 16.6. The molecule has 0 spiro atoms. The van der Waals surface area contributed by atoms with Gasteiger partial charge in [0.1, 0.15) is 17.9 Å². The lowest BCUT2D eigenvalue weighted by atomic mass is 10.2. The largest absolute Gasteiger partial charge is 0.483 e. The first-order chi connectivity index (χ1) is 13.3. The smallest absolute Gasteiger partial charge is 0.273 e. The maximum absolute atomic E-state index is 12.2. The van der Waals surface area contributed by atoms with Crippen molar-refractivity contribution in [3.05, 3.63) is 54.0 Å². The van der Waals surface area contributed by atoms with Crippen LogP contribution in [-0.2, 0) is 16.1 Å². The summed E-state index contributed by atoms with van der Waals surface area (Å²) in [4.78, 5) is 16.5. The van der Waals surface area contributed by atoms with Gasteiger partial charge in [-0.2, -0.15) is 0 Å². The number of nitrogens with one attached hydrogen (secondary N) is 1. The molecule has 8 nitrogen and oxygen atoms in total. The lowest BCUT2D eigenvalue weighted by Gasteiger charge is -2.22. The Morgan fingerprint density at radius 3 is 3.07 bits per heavy atom. The Kier molecular flexibility index (Phi) is 5.27. The highest BCUT2D eigenvalue weighted by Crippen LogP contribution is 2.23. The van der Waals surface area contributed by atoms with Crippen LogP contribution in [0.25, 0.3) is 10.9 Å². The summed E-state index contributed by atoms with van der Waals surface area (Å²) in [6, 6.07) is 11.1. The van der Waals surface area contributed by atoms with Gasteiger partial charge in [0.2, 0.25) is 0 Å². The Labute approximate surface area is 155 Å². The van der Waals surface area contributed by atoms with Crippen LogP contribution in [0.2, 0.25) is 0 Å². The van der Waals surface area contributed by atoms with E-state index in [0.29, 0.717) is 37.9 Å². The molecule has 0 aliphatic carbocycles. The van der Waals surface area contributed by atoms with E-state index in [2.05, 4.69) is 15.5 Å². The molecule has 8 heteroatoms. The molecule has 140 valence electrons. The number of nitrogens with zero attached hydrogens (tertiary/aromatic N) is 2. The van der Waals surface area contributed by atoms with E-state index in [1.165, 1.54) is 0 Å². The topological polar surface area (TPSA) is 95.7 Å². The molecule has 0 bridgehead atoms. The number of ether oxygens (including phenoxy) is 3. The lowest BCUT2D eigenvalue weighted by molar-refractivity contribution is -0.0855. The van der Waals surface area contributed by atoms with Gasteiger partial charge >= 0.3 is 0 Å². The zero-order valence-corrected chi connectivity index (χ0v) is 14.6. The molecule has 1 saturated heterocycles. The molecule has 1 atom stereocenters. The van der Waals surface area contributed by atoms with Crippen LogP contribution < -0.4 is 10.1 Å². The maximum Gasteiger partial charge on any atom is 0.273 e. The minimum absolute atomic E-state index is 0.142. The van der Waals surface area contributed by atoms with Crippen LogP contribution in [-0.4, -0.2) is 48.5 Å². The van der Waals surface area contributed by atoms with Gasteiger partial charge in [0.05, 0.1) is 25.9 Å². The average molecular weight is 369 g/mol. The second kappa shape index (κ2) is 8.15. The molecular weight excluding hydrogens is 350 g/mol. The Bertz CT molecular complexity index is 915. The van der Waals surface area contributed by atoms with Crippen molar-refractivity contribution >= 4 is 16.8 Å². The summed E-state index contributed by atoms with van der Waals surface area (Å²) in [5.41, 5.74) is 0.966. The van der Waals surface area contributed by atoms with Crippen molar-refractivity contribution in [2.45, 2.75) is 12.7 Å². The number of fused-ring (bicyclic) bond motifs is 1. The second-order valence-electron chi connectivity index (χ2n) is 6.08. The van der Waals surface area contributed by atoms with Gasteiger partial charge in [-0.3, -0.25) is 9.78 Å². The van der Waals surface area contributed by atoms with Crippen molar-refractivity contribution < 1.29 is 23.5 Å². The van der Waals surface area contributed by atoms with Crippen molar-refractivity contribution in [1.82, 2.24) is 15.5 Å². The van der Waals surface area contributed by atoms with Crippen molar-refractivity contribution in [2.24, 2.45) is 0 Å². The second-order valence-corrected chi connectivity index (χ2v) is 6.08. The van der Waals surface area contributed by atoms with Gasteiger partial charge in [-0.05, 0) is 12.1 Å². The number of carbonyl (C=O) groups excluding carboxylic acids is 1. The Morgan fingerprint density at radius 1 is 1.26 bits per heavy atom. The Hall–Kier alpha value is -2.97. The predicted molar refractivity (Wildman–Crippen MR) is 95.5 cm³/mol. The fourth-order valence-electron chi connectivity index (χ4n) is 2.78. The van der Waals surface area contributed by atoms with Gasteiger partial charge in [-0.15, -0.1) is 0 Å². The lowest BCUT2D eigenvalue weighted by Crippen LogP contribution is -2.39. The van der Waals surface area contributed by atoms with Crippen LogP contribution in [0.15, 0.2) is 47.1 Å². The Balaban J connectivity index is 1.34. The molecule has 3 aromatic rings. The highest BCUT2D eigenvalue weighted by molar-refractivity contribution is 5.92. The third-order valence-corrected chi connectivity index (χ3v) is 4.13. The van der Waals surface area contributed by atoms with Gasteiger partial charge in [-0.25, -0.2) is 0 Å². The first-order valence-electron chi connectivity index (χ1n) is 8.69. The van der Waals surface area contributed by atoms with E-state index >= 15 is 0 Å². The molecule has 1 aliphatic heterocycles. The van der Waals surface area contributed by atoms with E-state index in [1.54, 1.807) is 12.3 Å². The van der Waals surface area contributed by atoms with Crippen molar-refractivity contribution in [2.75, 3.05) is 26.4 Å². The molecule has 3 heterocycles. The molecular formula is C19H19N3O5. The van der Waals surface area contributed by atoms with Crippen LogP contribution in [0.1, 0.15) is 16.2 Å². The molecule has 1 aliphatic rings. The van der Waals surface area contributed by atoms with Crippen LogP contribution in [0.5, 0.6) is 5.75 Å². The molecule has 1 amide bonds. The first-order valence-corrected chi connectivity index (χ1v) is 8.69. The minimum atomic E-state index is -0.328. The number of pyridine rings is 1. The number of hydrogen-bond acceptors (Lipinski definition) is 7. The molecule has 2 aromatic heterocycles. The maximum atomic E-state index is 12.2. The fraction of sp³-hybridized carbons (Fsp3) is 0.316. The van der Waals surface area contributed by atoms with Gasteiger partial charge in [0.25, 0.3) is 5.91 Å². The molecule has 0 radical (unpaired) electrons. The van der Waals surface area contributed by atoms with Gasteiger partial charge in [0, 0.05) is 24.2 Å². The monoisotopic (exact) mass is 369 g/mol. The summed E-state index contributed by atoms with van der Waals surface area (Å²) in [7, 11) is 0. The molecule has 0 unspecified atom stereocenters.